The molecule has 0 unspecified atom stereocenters. The monoisotopic (exact) mass is 285 g/mol. The molecule has 0 spiro atoms. The minimum atomic E-state index is 0.265. The predicted octanol–water partition coefficient (Wildman–Crippen LogP) is 3.86. The highest BCUT2D eigenvalue weighted by molar-refractivity contribution is 5.37. The van der Waals surface area contributed by atoms with Crippen molar-refractivity contribution in [2.45, 2.75) is 26.4 Å². The summed E-state index contributed by atoms with van der Waals surface area (Å²) in [5, 5.41) is 3.53. The Morgan fingerprint density at radius 3 is 2.33 bits per heavy atom. The van der Waals surface area contributed by atoms with Crippen LogP contribution in [-0.2, 0) is 6.54 Å². The maximum atomic E-state index is 5.41. The molecule has 0 heterocycles. The molecular weight excluding hydrogens is 262 g/mol. The highest BCUT2D eigenvalue weighted by atomic mass is 16.5. The number of ether oxygens (including phenoxy) is 2. The van der Waals surface area contributed by atoms with Crippen LogP contribution in [0, 0.1) is 6.92 Å². The van der Waals surface area contributed by atoms with Gasteiger partial charge in [-0.15, -0.1) is 0 Å². The van der Waals surface area contributed by atoms with Crippen molar-refractivity contribution < 1.29 is 9.47 Å². The summed E-state index contributed by atoms with van der Waals surface area (Å²) < 4.78 is 10.6. The molecule has 2 aromatic carbocycles. The van der Waals surface area contributed by atoms with E-state index < -0.39 is 0 Å². The molecule has 21 heavy (non-hydrogen) atoms. The number of hydrogen-bond acceptors (Lipinski definition) is 3. The van der Waals surface area contributed by atoms with Gasteiger partial charge in [-0.2, -0.15) is 0 Å². The molecule has 112 valence electrons. The number of nitrogens with one attached hydrogen (secondary N) is 1. The molecule has 0 aliphatic carbocycles. The van der Waals surface area contributed by atoms with Crippen LogP contribution in [0.15, 0.2) is 42.5 Å². The quantitative estimate of drug-likeness (QED) is 0.874. The molecule has 0 saturated carbocycles. The van der Waals surface area contributed by atoms with E-state index in [1.165, 1.54) is 16.7 Å². The number of rotatable bonds is 6. The molecule has 0 aliphatic heterocycles. The summed E-state index contributed by atoms with van der Waals surface area (Å²) in [5.41, 5.74) is 3.66. The van der Waals surface area contributed by atoms with E-state index in [1.807, 2.05) is 18.2 Å². The van der Waals surface area contributed by atoms with E-state index in [9.17, 15) is 0 Å². The Morgan fingerprint density at radius 2 is 1.71 bits per heavy atom. The van der Waals surface area contributed by atoms with Gasteiger partial charge >= 0.3 is 0 Å². The third-order valence-electron chi connectivity index (χ3n) is 3.65. The second kappa shape index (κ2) is 7.14. The zero-order chi connectivity index (χ0) is 15.2. The van der Waals surface area contributed by atoms with Crippen LogP contribution in [0.25, 0.3) is 0 Å². The standard InChI is InChI=1S/C18H23NO2/c1-13-5-10-18(21-4)16(11-13)12-19-14(2)15-6-8-17(20-3)9-7-15/h5-11,14,19H,12H2,1-4H3/t14-/m0/s1. The van der Waals surface area contributed by atoms with Crippen LogP contribution in [0.2, 0.25) is 0 Å². The fourth-order valence-electron chi connectivity index (χ4n) is 2.32. The molecular formula is C18H23NO2. The fraction of sp³-hybridized carbons (Fsp3) is 0.333. The van der Waals surface area contributed by atoms with Gasteiger partial charge in [0.05, 0.1) is 14.2 Å². The first-order valence-corrected chi connectivity index (χ1v) is 7.15. The summed E-state index contributed by atoms with van der Waals surface area (Å²) in [5.74, 6) is 1.81. The molecule has 0 saturated heterocycles. The van der Waals surface area contributed by atoms with Crippen molar-refractivity contribution in [3.63, 3.8) is 0 Å². The smallest absolute Gasteiger partial charge is 0.123 e. The molecule has 2 rings (SSSR count). The maximum Gasteiger partial charge on any atom is 0.123 e. The lowest BCUT2D eigenvalue weighted by Crippen LogP contribution is -2.18. The molecule has 3 nitrogen and oxygen atoms in total. The first-order chi connectivity index (χ1) is 10.1. The first-order valence-electron chi connectivity index (χ1n) is 7.15. The Morgan fingerprint density at radius 1 is 1.00 bits per heavy atom. The lowest BCUT2D eigenvalue weighted by atomic mass is 10.1. The molecule has 0 amide bonds. The lowest BCUT2D eigenvalue weighted by molar-refractivity contribution is 0.405. The van der Waals surface area contributed by atoms with Crippen LogP contribution in [0.3, 0.4) is 0 Å². The van der Waals surface area contributed by atoms with Gasteiger partial charge < -0.3 is 14.8 Å². The van der Waals surface area contributed by atoms with Crippen LogP contribution in [-0.4, -0.2) is 14.2 Å². The van der Waals surface area contributed by atoms with Gasteiger partial charge in [0, 0.05) is 18.2 Å². The third kappa shape index (κ3) is 3.99. The molecule has 0 aromatic heterocycles. The Bertz CT molecular complexity index is 578. The van der Waals surface area contributed by atoms with Crippen molar-refractivity contribution in [3.05, 3.63) is 59.2 Å². The Balaban J connectivity index is 2.03. The van der Waals surface area contributed by atoms with Gasteiger partial charge in [-0.05, 0) is 37.6 Å². The van der Waals surface area contributed by atoms with E-state index in [-0.39, 0.29) is 6.04 Å². The van der Waals surface area contributed by atoms with Crippen LogP contribution < -0.4 is 14.8 Å². The SMILES string of the molecule is COc1ccc([C@H](C)NCc2cc(C)ccc2OC)cc1. The Hall–Kier alpha value is -2.00. The average molecular weight is 285 g/mol. The van der Waals surface area contributed by atoms with Gasteiger partial charge in [0.15, 0.2) is 0 Å². The minimum absolute atomic E-state index is 0.265. The van der Waals surface area contributed by atoms with Gasteiger partial charge in [-0.1, -0.05) is 29.8 Å². The highest BCUT2D eigenvalue weighted by Gasteiger charge is 2.08. The van der Waals surface area contributed by atoms with E-state index in [4.69, 9.17) is 9.47 Å². The van der Waals surface area contributed by atoms with E-state index >= 15 is 0 Å². The van der Waals surface area contributed by atoms with E-state index in [2.05, 4.69) is 43.4 Å². The van der Waals surface area contributed by atoms with E-state index in [0.717, 1.165) is 18.0 Å². The summed E-state index contributed by atoms with van der Waals surface area (Å²) in [6.45, 7) is 5.03. The Labute approximate surface area is 126 Å². The van der Waals surface area contributed by atoms with Crippen LogP contribution in [0.4, 0.5) is 0 Å². The fourth-order valence-corrected chi connectivity index (χ4v) is 2.32. The number of benzene rings is 2. The van der Waals surface area contributed by atoms with Gasteiger partial charge in [0.25, 0.3) is 0 Å². The number of methoxy groups -OCH3 is 2. The molecule has 0 fully saturated rings. The van der Waals surface area contributed by atoms with Crippen molar-refractivity contribution in [2.24, 2.45) is 0 Å². The maximum absolute atomic E-state index is 5.41. The third-order valence-corrected chi connectivity index (χ3v) is 3.65. The summed E-state index contributed by atoms with van der Waals surface area (Å²) in [6, 6.07) is 14.7. The second-order valence-electron chi connectivity index (χ2n) is 5.19. The topological polar surface area (TPSA) is 30.5 Å². The summed E-state index contributed by atoms with van der Waals surface area (Å²) in [6.07, 6.45) is 0. The van der Waals surface area contributed by atoms with Crippen molar-refractivity contribution in [3.8, 4) is 11.5 Å². The van der Waals surface area contributed by atoms with Crippen molar-refractivity contribution >= 4 is 0 Å². The molecule has 3 heteroatoms. The van der Waals surface area contributed by atoms with Crippen LogP contribution >= 0.6 is 0 Å². The average Bonchev–Trinajstić information content (AvgIpc) is 2.52. The van der Waals surface area contributed by atoms with Gasteiger partial charge in [0.1, 0.15) is 11.5 Å². The lowest BCUT2D eigenvalue weighted by Gasteiger charge is -2.16. The molecule has 2 aromatic rings. The van der Waals surface area contributed by atoms with Crippen LogP contribution in [0.5, 0.6) is 11.5 Å². The van der Waals surface area contributed by atoms with Gasteiger partial charge in [-0.3, -0.25) is 0 Å². The van der Waals surface area contributed by atoms with Crippen molar-refractivity contribution in [1.82, 2.24) is 5.32 Å². The first kappa shape index (κ1) is 15.4. The summed E-state index contributed by atoms with van der Waals surface area (Å²) >= 11 is 0. The highest BCUT2D eigenvalue weighted by Crippen LogP contribution is 2.22. The van der Waals surface area contributed by atoms with Crippen LogP contribution in [0.1, 0.15) is 29.7 Å². The zero-order valence-corrected chi connectivity index (χ0v) is 13.1. The van der Waals surface area contributed by atoms with E-state index in [0.29, 0.717) is 0 Å². The summed E-state index contributed by atoms with van der Waals surface area (Å²) in [4.78, 5) is 0. The van der Waals surface area contributed by atoms with E-state index in [1.54, 1.807) is 14.2 Å². The zero-order valence-electron chi connectivity index (χ0n) is 13.1. The van der Waals surface area contributed by atoms with Gasteiger partial charge in [-0.25, -0.2) is 0 Å². The van der Waals surface area contributed by atoms with Crippen molar-refractivity contribution in [1.29, 1.82) is 0 Å². The predicted molar refractivity (Wildman–Crippen MR) is 86.0 cm³/mol. The second-order valence-corrected chi connectivity index (χ2v) is 5.19. The normalized spacial score (nSPS) is 12.0. The molecule has 1 N–H and O–H groups in total. The van der Waals surface area contributed by atoms with Crippen molar-refractivity contribution in [2.75, 3.05) is 14.2 Å². The molecule has 0 aliphatic rings. The number of hydrogen-bond donors (Lipinski definition) is 1. The Kier molecular flexibility index (Phi) is 5.23. The summed E-state index contributed by atoms with van der Waals surface area (Å²) in [7, 11) is 3.39. The molecule has 1 atom stereocenters. The largest absolute Gasteiger partial charge is 0.497 e. The number of aryl methyl sites for hydroxylation is 1. The molecule has 0 radical (unpaired) electrons. The van der Waals surface area contributed by atoms with Gasteiger partial charge in [0.2, 0.25) is 0 Å². The molecule has 0 bridgehead atoms. The minimum Gasteiger partial charge on any atom is -0.497 e.